The van der Waals surface area contributed by atoms with Crippen molar-refractivity contribution in [3.8, 4) is 0 Å². The van der Waals surface area contributed by atoms with Crippen molar-refractivity contribution >= 4 is 27.7 Å². The number of nitrogens with zero attached hydrogens (tertiary/aromatic N) is 1. The minimum atomic E-state index is -0.509. The largest absolute Gasteiger partial charge is 0.352 e. The molecule has 0 heterocycles. The highest BCUT2D eigenvalue weighted by Gasteiger charge is 2.28. The zero-order valence-electron chi connectivity index (χ0n) is 19.4. The minimum Gasteiger partial charge on any atom is -0.352 e. The predicted molar refractivity (Wildman–Crippen MR) is 133 cm³/mol. The minimum absolute atomic E-state index is 0.00647. The molecule has 3 rings (SSSR count). The number of nitrogens with one attached hydrogen (secondary N) is 1. The van der Waals surface area contributed by atoms with Crippen molar-refractivity contribution in [3.63, 3.8) is 0 Å². The van der Waals surface area contributed by atoms with E-state index in [1.54, 1.807) is 4.90 Å². The van der Waals surface area contributed by atoms with E-state index in [2.05, 4.69) is 59.4 Å². The molecule has 2 aromatic carbocycles. The first-order valence-corrected chi connectivity index (χ1v) is 12.6. The normalized spacial score (nSPS) is 15.0. The van der Waals surface area contributed by atoms with Gasteiger partial charge in [-0.1, -0.05) is 79.0 Å². The number of aryl methyl sites for hydroxylation is 1. The first kappa shape index (κ1) is 24.5. The smallest absolute Gasteiger partial charge is 0.242 e. The van der Waals surface area contributed by atoms with E-state index in [0.717, 1.165) is 41.3 Å². The number of hydrogen-bond acceptors (Lipinski definition) is 2. The third kappa shape index (κ3) is 6.93. The van der Waals surface area contributed by atoms with Crippen molar-refractivity contribution in [1.82, 2.24) is 10.2 Å². The molecule has 172 valence electrons. The molecule has 4 nitrogen and oxygen atoms in total. The molecule has 2 amide bonds. The summed E-state index contributed by atoms with van der Waals surface area (Å²) < 4.78 is 0.968. The van der Waals surface area contributed by atoms with Gasteiger partial charge in [-0.3, -0.25) is 9.59 Å². The van der Waals surface area contributed by atoms with Crippen LogP contribution in [0.5, 0.6) is 0 Å². The van der Waals surface area contributed by atoms with Gasteiger partial charge < -0.3 is 10.2 Å². The van der Waals surface area contributed by atoms with Crippen LogP contribution in [0.3, 0.4) is 0 Å². The van der Waals surface area contributed by atoms with Gasteiger partial charge in [0.1, 0.15) is 6.04 Å². The first-order chi connectivity index (χ1) is 15.3. The standard InChI is InChI=1S/C27H35BrN2O2/c1-19(2)23-14-11-21(12-15-23)13-16-26(31)30(18-22-7-6-8-24(28)17-22)20(3)27(32)29-25-9-4-5-10-25/h6-8,11-12,14-15,17,19-20,25H,4-5,9-10,13,16,18H2,1-3H3,(H,29,32). The molecule has 5 heteroatoms. The fourth-order valence-electron chi connectivity index (χ4n) is 4.27. The van der Waals surface area contributed by atoms with Crippen LogP contribution in [-0.2, 0) is 22.6 Å². The Labute approximate surface area is 200 Å². The van der Waals surface area contributed by atoms with E-state index in [1.807, 2.05) is 31.2 Å². The maximum absolute atomic E-state index is 13.3. The first-order valence-electron chi connectivity index (χ1n) is 11.8. The molecule has 0 spiro atoms. The van der Waals surface area contributed by atoms with Gasteiger partial charge in [0.15, 0.2) is 0 Å². The van der Waals surface area contributed by atoms with Crippen LogP contribution in [0.25, 0.3) is 0 Å². The van der Waals surface area contributed by atoms with E-state index in [9.17, 15) is 9.59 Å². The average Bonchev–Trinajstić information content (AvgIpc) is 3.28. The number of amides is 2. The van der Waals surface area contributed by atoms with E-state index in [-0.39, 0.29) is 17.9 Å². The van der Waals surface area contributed by atoms with Crippen molar-refractivity contribution < 1.29 is 9.59 Å². The Morgan fingerprint density at radius 2 is 1.72 bits per heavy atom. The Hall–Kier alpha value is -2.14. The second-order valence-corrected chi connectivity index (χ2v) is 10.1. The molecule has 1 aliphatic rings. The molecule has 0 saturated heterocycles. The van der Waals surface area contributed by atoms with Crippen LogP contribution < -0.4 is 5.32 Å². The fourth-order valence-corrected chi connectivity index (χ4v) is 4.72. The van der Waals surface area contributed by atoms with Gasteiger partial charge in [0.05, 0.1) is 0 Å². The molecule has 0 bridgehead atoms. The van der Waals surface area contributed by atoms with E-state index in [1.165, 1.54) is 5.56 Å². The number of carbonyl (C=O) groups is 2. The quantitative estimate of drug-likeness (QED) is 0.462. The summed E-state index contributed by atoms with van der Waals surface area (Å²) in [5, 5.41) is 3.16. The monoisotopic (exact) mass is 498 g/mol. The summed E-state index contributed by atoms with van der Waals surface area (Å²) in [5.74, 6) is 0.444. The van der Waals surface area contributed by atoms with Gasteiger partial charge in [0.25, 0.3) is 0 Å². The molecule has 1 unspecified atom stereocenters. The maximum atomic E-state index is 13.3. The summed E-state index contributed by atoms with van der Waals surface area (Å²) in [6.45, 7) is 6.62. The Bertz CT molecular complexity index is 904. The summed E-state index contributed by atoms with van der Waals surface area (Å²) in [4.78, 5) is 28.0. The lowest BCUT2D eigenvalue weighted by molar-refractivity contribution is -0.140. The Kier molecular flexibility index (Phi) is 8.92. The summed E-state index contributed by atoms with van der Waals surface area (Å²) in [5.41, 5.74) is 3.45. The molecule has 0 aromatic heterocycles. The SMILES string of the molecule is CC(C)c1ccc(CCC(=O)N(Cc2cccc(Br)c2)C(C)C(=O)NC2CCCC2)cc1. The summed E-state index contributed by atoms with van der Waals surface area (Å²) in [7, 11) is 0. The van der Waals surface area contributed by atoms with Crippen LogP contribution in [0.15, 0.2) is 53.0 Å². The second-order valence-electron chi connectivity index (χ2n) is 9.21. The van der Waals surface area contributed by atoms with E-state index in [4.69, 9.17) is 0 Å². The molecule has 1 N–H and O–H groups in total. The van der Waals surface area contributed by atoms with Crippen molar-refractivity contribution in [1.29, 1.82) is 0 Å². The van der Waals surface area contributed by atoms with Gasteiger partial charge >= 0.3 is 0 Å². The molecule has 1 fully saturated rings. The number of benzene rings is 2. The van der Waals surface area contributed by atoms with E-state index < -0.39 is 6.04 Å². The summed E-state index contributed by atoms with van der Waals surface area (Å²) in [6, 6.07) is 16.2. The third-order valence-corrected chi connectivity index (χ3v) is 6.88. The van der Waals surface area contributed by atoms with Crippen LogP contribution in [0.4, 0.5) is 0 Å². The van der Waals surface area contributed by atoms with Crippen molar-refractivity contribution in [2.45, 2.75) is 83.8 Å². The van der Waals surface area contributed by atoms with Crippen LogP contribution in [0.1, 0.15) is 75.5 Å². The molecule has 0 radical (unpaired) electrons. The van der Waals surface area contributed by atoms with E-state index in [0.29, 0.717) is 25.3 Å². The highest BCUT2D eigenvalue weighted by molar-refractivity contribution is 9.10. The lowest BCUT2D eigenvalue weighted by Gasteiger charge is -2.30. The van der Waals surface area contributed by atoms with Crippen LogP contribution in [0, 0.1) is 0 Å². The van der Waals surface area contributed by atoms with Gasteiger partial charge in [-0.2, -0.15) is 0 Å². The average molecular weight is 499 g/mol. The number of halogens is 1. The second kappa shape index (κ2) is 11.6. The summed E-state index contributed by atoms with van der Waals surface area (Å²) in [6.07, 6.45) is 5.44. The maximum Gasteiger partial charge on any atom is 0.242 e. The van der Waals surface area contributed by atoms with Crippen LogP contribution in [-0.4, -0.2) is 28.8 Å². The highest BCUT2D eigenvalue weighted by Crippen LogP contribution is 2.20. The fraction of sp³-hybridized carbons (Fsp3) is 0.481. The Balaban J connectivity index is 1.69. The van der Waals surface area contributed by atoms with Crippen molar-refractivity contribution in [3.05, 3.63) is 69.7 Å². The third-order valence-electron chi connectivity index (χ3n) is 6.38. The number of rotatable bonds is 9. The molecular weight excluding hydrogens is 464 g/mol. The summed E-state index contributed by atoms with van der Waals surface area (Å²) >= 11 is 3.51. The zero-order valence-corrected chi connectivity index (χ0v) is 21.0. The van der Waals surface area contributed by atoms with Gasteiger partial charge in [-0.05, 0) is 60.9 Å². The predicted octanol–water partition coefficient (Wildman–Crippen LogP) is 5.98. The van der Waals surface area contributed by atoms with Gasteiger partial charge in [-0.15, -0.1) is 0 Å². The number of carbonyl (C=O) groups excluding carboxylic acids is 2. The van der Waals surface area contributed by atoms with Gasteiger partial charge in [0.2, 0.25) is 11.8 Å². The van der Waals surface area contributed by atoms with Gasteiger partial charge in [-0.25, -0.2) is 0 Å². The number of hydrogen-bond donors (Lipinski definition) is 1. The lowest BCUT2D eigenvalue weighted by atomic mass is 10.00. The topological polar surface area (TPSA) is 49.4 Å². The highest BCUT2D eigenvalue weighted by atomic mass is 79.9. The van der Waals surface area contributed by atoms with Gasteiger partial charge in [0, 0.05) is 23.5 Å². The van der Waals surface area contributed by atoms with Crippen LogP contribution in [0.2, 0.25) is 0 Å². The Morgan fingerprint density at radius 1 is 1.03 bits per heavy atom. The molecule has 32 heavy (non-hydrogen) atoms. The molecular formula is C27H35BrN2O2. The van der Waals surface area contributed by atoms with E-state index >= 15 is 0 Å². The molecule has 1 aliphatic carbocycles. The molecule has 0 aliphatic heterocycles. The zero-order chi connectivity index (χ0) is 23.1. The molecule has 1 saturated carbocycles. The Morgan fingerprint density at radius 3 is 2.34 bits per heavy atom. The molecule has 2 aromatic rings. The van der Waals surface area contributed by atoms with Crippen molar-refractivity contribution in [2.24, 2.45) is 0 Å². The van der Waals surface area contributed by atoms with Crippen molar-refractivity contribution in [2.75, 3.05) is 0 Å². The van der Waals surface area contributed by atoms with Crippen LogP contribution >= 0.6 is 15.9 Å². The lowest BCUT2D eigenvalue weighted by Crippen LogP contribution is -2.49. The molecule has 1 atom stereocenters.